The first-order valence-electron chi connectivity index (χ1n) is 7.38. The van der Waals surface area contributed by atoms with Gasteiger partial charge in [-0.25, -0.2) is 4.98 Å². The van der Waals surface area contributed by atoms with E-state index >= 15 is 0 Å². The minimum absolute atomic E-state index is 0.0538. The average molecular weight is 325 g/mol. The van der Waals surface area contributed by atoms with Gasteiger partial charge in [0.25, 0.3) is 0 Å². The molecule has 0 aliphatic rings. The van der Waals surface area contributed by atoms with Crippen molar-refractivity contribution >= 4 is 17.4 Å². The predicted octanol–water partition coefficient (Wildman–Crippen LogP) is 4.82. The first-order valence-corrected chi connectivity index (χ1v) is 7.75. The SMILES string of the molecule is CC(C)(C(=O)c1ccc(-c2ccc(Cl)cc2)cc1)n1ccnc1. The molecule has 0 unspecified atom stereocenters. The fourth-order valence-corrected chi connectivity index (χ4v) is 2.64. The monoisotopic (exact) mass is 324 g/mol. The highest BCUT2D eigenvalue weighted by Gasteiger charge is 2.30. The number of rotatable bonds is 4. The van der Waals surface area contributed by atoms with Crippen molar-refractivity contribution in [1.29, 1.82) is 0 Å². The van der Waals surface area contributed by atoms with Crippen molar-refractivity contribution in [2.24, 2.45) is 0 Å². The molecule has 2 aromatic carbocycles. The molecule has 0 saturated heterocycles. The van der Waals surface area contributed by atoms with Crippen LogP contribution in [0, 0.1) is 0 Å². The molecule has 3 aromatic rings. The molecule has 1 heterocycles. The Morgan fingerprint density at radius 1 is 1.00 bits per heavy atom. The van der Waals surface area contributed by atoms with E-state index in [2.05, 4.69) is 4.98 Å². The number of hydrogen-bond acceptors (Lipinski definition) is 2. The summed E-state index contributed by atoms with van der Waals surface area (Å²) in [5.74, 6) is 0.0538. The van der Waals surface area contributed by atoms with Crippen molar-refractivity contribution in [1.82, 2.24) is 9.55 Å². The third kappa shape index (κ3) is 3.06. The van der Waals surface area contributed by atoms with E-state index in [9.17, 15) is 4.79 Å². The summed E-state index contributed by atoms with van der Waals surface area (Å²) in [5.41, 5.74) is 2.14. The molecule has 0 atom stereocenters. The zero-order valence-corrected chi connectivity index (χ0v) is 13.8. The second-order valence-electron chi connectivity index (χ2n) is 5.94. The Kier molecular flexibility index (Phi) is 4.05. The summed E-state index contributed by atoms with van der Waals surface area (Å²) in [6.45, 7) is 3.79. The minimum atomic E-state index is -0.668. The molecule has 1 aromatic heterocycles. The number of hydrogen-bond donors (Lipinski definition) is 0. The van der Waals surface area contributed by atoms with Gasteiger partial charge in [0.05, 0.1) is 6.33 Å². The van der Waals surface area contributed by atoms with Crippen LogP contribution in [0.15, 0.2) is 67.3 Å². The number of benzene rings is 2. The average Bonchev–Trinajstić information content (AvgIpc) is 3.10. The lowest BCUT2D eigenvalue weighted by atomic mass is 9.92. The van der Waals surface area contributed by atoms with E-state index in [1.54, 1.807) is 18.7 Å². The van der Waals surface area contributed by atoms with Crippen LogP contribution in [0.4, 0.5) is 0 Å². The normalized spacial score (nSPS) is 11.4. The van der Waals surface area contributed by atoms with E-state index in [1.165, 1.54) is 0 Å². The maximum Gasteiger partial charge on any atom is 0.188 e. The van der Waals surface area contributed by atoms with E-state index in [-0.39, 0.29) is 5.78 Å². The van der Waals surface area contributed by atoms with Gasteiger partial charge in [-0.2, -0.15) is 0 Å². The first kappa shape index (κ1) is 15.5. The van der Waals surface area contributed by atoms with E-state index in [0.29, 0.717) is 10.6 Å². The highest BCUT2D eigenvalue weighted by molar-refractivity contribution is 6.30. The number of carbonyl (C=O) groups is 1. The van der Waals surface area contributed by atoms with E-state index < -0.39 is 5.54 Å². The highest BCUT2D eigenvalue weighted by Crippen LogP contribution is 2.25. The molecule has 0 bridgehead atoms. The topological polar surface area (TPSA) is 34.9 Å². The van der Waals surface area contributed by atoms with Gasteiger partial charge >= 0.3 is 0 Å². The van der Waals surface area contributed by atoms with Crippen molar-refractivity contribution in [3.63, 3.8) is 0 Å². The molecule has 3 rings (SSSR count). The largest absolute Gasteiger partial charge is 0.324 e. The Morgan fingerprint density at radius 2 is 1.57 bits per heavy atom. The van der Waals surface area contributed by atoms with E-state index in [0.717, 1.165) is 11.1 Å². The molecule has 0 aliphatic heterocycles. The van der Waals surface area contributed by atoms with E-state index in [1.807, 2.05) is 66.9 Å². The van der Waals surface area contributed by atoms with E-state index in [4.69, 9.17) is 11.6 Å². The maximum absolute atomic E-state index is 12.8. The Labute approximate surface area is 140 Å². The Hall–Kier alpha value is -2.39. The molecular formula is C19H17ClN2O. The smallest absolute Gasteiger partial charge is 0.188 e. The number of carbonyl (C=O) groups excluding carboxylic acids is 1. The Morgan fingerprint density at radius 3 is 2.09 bits per heavy atom. The number of Topliss-reactive ketones (excluding diaryl/α,β-unsaturated/α-hetero) is 1. The standard InChI is InChI=1S/C19H17ClN2O/c1-19(2,22-12-11-21-13-22)18(23)16-5-3-14(4-6-16)15-7-9-17(20)10-8-15/h3-13H,1-2H3. The molecule has 0 fully saturated rings. The van der Waals surface area contributed by atoms with Gasteiger partial charge in [0.2, 0.25) is 0 Å². The van der Waals surface area contributed by atoms with Gasteiger partial charge < -0.3 is 4.57 Å². The lowest BCUT2D eigenvalue weighted by Crippen LogP contribution is -2.35. The van der Waals surface area contributed by atoms with Crippen LogP contribution >= 0.6 is 11.6 Å². The second kappa shape index (κ2) is 6.01. The van der Waals surface area contributed by atoms with Crippen LogP contribution in [0.1, 0.15) is 24.2 Å². The van der Waals surface area contributed by atoms with Crippen LogP contribution in [0.2, 0.25) is 5.02 Å². The molecule has 0 spiro atoms. The van der Waals surface area contributed by atoms with Crippen LogP contribution in [0.25, 0.3) is 11.1 Å². The fraction of sp³-hybridized carbons (Fsp3) is 0.158. The molecule has 116 valence electrons. The van der Waals surface area contributed by atoms with Gasteiger partial charge in [0, 0.05) is 23.0 Å². The summed E-state index contributed by atoms with van der Waals surface area (Å²) in [6.07, 6.45) is 5.15. The predicted molar refractivity (Wildman–Crippen MR) is 92.8 cm³/mol. The summed E-state index contributed by atoms with van der Waals surface area (Å²) in [6, 6.07) is 15.3. The number of halogens is 1. The quantitative estimate of drug-likeness (QED) is 0.645. The van der Waals surface area contributed by atoms with Crippen molar-refractivity contribution in [2.75, 3.05) is 0 Å². The zero-order chi connectivity index (χ0) is 16.4. The molecule has 0 saturated carbocycles. The summed E-state index contributed by atoms with van der Waals surface area (Å²) in [4.78, 5) is 16.8. The van der Waals surface area contributed by atoms with Gasteiger partial charge in [-0.1, -0.05) is 48.0 Å². The van der Waals surface area contributed by atoms with Crippen molar-refractivity contribution in [3.8, 4) is 11.1 Å². The molecule has 4 heteroatoms. The number of aromatic nitrogens is 2. The van der Waals surface area contributed by atoms with Gasteiger partial charge in [-0.15, -0.1) is 0 Å². The van der Waals surface area contributed by atoms with Crippen LogP contribution in [0.3, 0.4) is 0 Å². The lowest BCUT2D eigenvalue weighted by Gasteiger charge is -2.25. The van der Waals surface area contributed by atoms with Gasteiger partial charge in [-0.3, -0.25) is 4.79 Å². The van der Waals surface area contributed by atoms with Gasteiger partial charge in [0.15, 0.2) is 5.78 Å². The molecule has 0 N–H and O–H groups in total. The summed E-state index contributed by atoms with van der Waals surface area (Å²) < 4.78 is 1.82. The van der Waals surface area contributed by atoms with Crippen LogP contribution in [0.5, 0.6) is 0 Å². The molecule has 0 radical (unpaired) electrons. The maximum atomic E-state index is 12.8. The summed E-state index contributed by atoms with van der Waals surface area (Å²) in [7, 11) is 0. The third-order valence-corrected chi connectivity index (χ3v) is 4.28. The molecule has 0 amide bonds. The second-order valence-corrected chi connectivity index (χ2v) is 6.38. The highest BCUT2D eigenvalue weighted by atomic mass is 35.5. The molecule has 0 aliphatic carbocycles. The Balaban J connectivity index is 1.87. The van der Waals surface area contributed by atoms with Crippen molar-refractivity contribution in [3.05, 3.63) is 77.8 Å². The lowest BCUT2D eigenvalue weighted by molar-refractivity contribution is 0.0848. The third-order valence-electron chi connectivity index (χ3n) is 4.03. The number of ketones is 1. The number of nitrogens with zero attached hydrogens (tertiary/aromatic N) is 2. The molecule has 23 heavy (non-hydrogen) atoms. The van der Waals surface area contributed by atoms with Gasteiger partial charge in [0.1, 0.15) is 5.54 Å². The molecular weight excluding hydrogens is 308 g/mol. The summed E-state index contributed by atoms with van der Waals surface area (Å²) >= 11 is 5.91. The Bertz CT molecular complexity index is 804. The van der Waals surface area contributed by atoms with Crippen LogP contribution < -0.4 is 0 Å². The van der Waals surface area contributed by atoms with Crippen molar-refractivity contribution < 1.29 is 4.79 Å². The molecule has 3 nitrogen and oxygen atoms in total. The minimum Gasteiger partial charge on any atom is -0.324 e. The van der Waals surface area contributed by atoms with Crippen LogP contribution in [-0.2, 0) is 5.54 Å². The zero-order valence-electron chi connectivity index (χ0n) is 13.0. The number of imidazole rings is 1. The fourth-order valence-electron chi connectivity index (χ4n) is 2.52. The van der Waals surface area contributed by atoms with Crippen molar-refractivity contribution in [2.45, 2.75) is 19.4 Å². The first-order chi connectivity index (χ1) is 11.0. The summed E-state index contributed by atoms with van der Waals surface area (Å²) in [5, 5.41) is 0.711. The van der Waals surface area contributed by atoms with Gasteiger partial charge in [-0.05, 0) is 37.1 Å². The van der Waals surface area contributed by atoms with Crippen LogP contribution in [-0.4, -0.2) is 15.3 Å².